The van der Waals surface area contributed by atoms with Crippen LogP contribution in [0, 0.1) is 0 Å². The van der Waals surface area contributed by atoms with E-state index in [2.05, 4.69) is 10.6 Å². The van der Waals surface area contributed by atoms with Crippen molar-refractivity contribution in [3.63, 3.8) is 0 Å². The van der Waals surface area contributed by atoms with Crippen molar-refractivity contribution in [2.45, 2.75) is 25.4 Å². The molecule has 15 heavy (non-hydrogen) atoms. The molecule has 90 valence electrons. The van der Waals surface area contributed by atoms with Gasteiger partial charge in [-0.3, -0.25) is 0 Å². The third-order valence-electron chi connectivity index (χ3n) is 2.58. The van der Waals surface area contributed by atoms with Crippen LogP contribution < -0.4 is 10.6 Å². The van der Waals surface area contributed by atoms with Gasteiger partial charge in [0, 0.05) is 40.0 Å². The zero-order valence-corrected chi connectivity index (χ0v) is 9.76. The van der Waals surface area contributed by atoms with Crippen LogP contribution in [-0.4, -0.2) is 52.6 Å². The molecule has 0 aromatic rings. The molecule has 0 radical (unpaired) electrons. The van der Waals surface area contributed by atoms with Crippen LogP contribution in [0.4, 0.5) is 0 Å². The first-order valence-electron chi connectivity index (χ1n) is 5.95. The van der Waals surface area contributed by atoms with Gasteiger partial charge in [0.15, 0.2) is 0 Å². The first-order chi connectivity index (χ1) is 7.43. The average Bonchev–Trinajstić information content (AvgIpc) is 2.75. The van der Waals surface area contributed by atoms with Gasteiger partial charge in [-0.05, 0) is 25.8 Å². The van der Waals surface area contributed by atoms with Crippen molar-refractivity contribution in [1.82, 2.24) is 10.6 Å². The summed E-state index contributed by atoms with van der Waals surface area (Å²) >= 11 is 0. The Balaban J connectivity index is 1.73. The summed E-state index contributed by atoms with van der Waals surface area (Å²) in [6.07, 6.45) is 3.98. The summed E-state index contributed by atoms with van der Waals surface area (Å²) in [5.74, 6) is 0. The zero-order valence-electron chi connectivity index (χ0n) is 9.76. The first-order valence-corrected chi connectivity index (χ1v) is 5.95. The maximum absolute atomic E-state index is 5.51. The van der Waals surface area contributed by atoms with Crippen LogP contribution in [-0.2, 0) is 9.47 Å². The molecule has 1 unspecified atom stereocenters. The third kappa shape index (κ3) is 6.84. The summed E-state index contributed by atoms with van der Waals surface area (Å²) in [5.41, 5.74) is 0. The molecule has 0 saturated carbocycles. The Bertz CT molecular complexity index is 139. The van der Waals surface area contributed by atoms with E-state index in [-0.39, 0.29) is 0 Å². The standard InChI is InChI=1S/C11H24N2O2/c1-14-8-3-5-12-6-7-13-10-11-4-2-9-15-11/h11-13H,2-10H2,1H3. The predicted molar refractivity (Wildman–Crippen MR) is 61.2 cm³/mol. The Morgan fingerprint density at radius 3 is 2.87 bits per heavy atom. The fourth-order valence-electron chi connectivity index (χ4n) is 1.71. The summed E-state index contributed by atoms with van der Waals surface area (Å²) in [5, 5.41) is 6.76. The van der Waals surface area contributed by atoms with Crippen LogP contribution in [0.1, 0.15) is 19.3 Å². The van der Waals surface area contributed by atoms with Crippen molar-refractivity contribution in [2.75, 3.05) is 46.5 Å². The molecule has 1 aliphatic rings. The Morgan fingerprint density at radius 1 is 1.27 bits per heavy atom. The molecule has 1 fully saturated rings. The van der Waals surface area contributed by atoms with E-state index >= 15 is 0 Å². The smallest absolute Gasteiger partial charge is 0.0700 e. The lowest BCUT2D eigenvalue weighted by Crippen LogP contribution is -2.33. The third-order valence-corrected chi connectivity index (χ3v) is 2.58. The molecular formula is C11H24N2O2. The monoisotopic (exact) mass is 216 g/mol. The molecule has 4 nitrogen and oxygen atoms in total. The Kier molecular flexibility index (Phi) is 7.83. The lowest BCUT2D eigenvalue weighted by molar-refractivity contribution is 0.110. The molecule has 0 amide bonds. The van der Waals surface area contributed by atoms with E-state index in [0.29, 0.717) is 6.10 Å². The Labute approximate surface area is 92.7 Å². The van der Waals surface area contributed by atoms with Crippen molar-refractivity contribution in [1.29, 1.82) is 0 Å². The molecule has 4 heteroatoms. The molecule has 1 heterocycles. The Hall–Kier alpha value is -0.160. The number of hydrogen-bond acceptors (Lipinski definition) is 4. The van der Waals surface area contributed by atoms with Crippen molar-refractivity contribution < 1.29 is 9.47 Å². The SMILES string of the molecule is COCCCNCCNCC1CCCO1. The molecule has 0 spiro atoms. The molecule has 1 atom stereocenters. The van der Waals surface area contributed by atoms with Crippen LogP contribution in [0.2, 0.25) is 0 Å². The molecule has 0 aromatic heterocycles. The highest BCUT2D eigenvalue weighted by Crippen LogP contribution is 2.10. The summed E-state index contributed by atoms with van der Waals surface area (Å²) in [7, 11) is 1.74. The van der Waals surface area contributed by atoms with Gasteiger partial charge in [0.05, 0.1) is 6.10 Å². The van der Waals surface area contributed by atoms with Crippen LogP contribution in [0.15, 0.2) is 0 Å². The lowest BCUT2D eigenvalue weighted by atomic mass is 10.2. The second-order valence-corrected chi connectivity index (χ2v) is 3.94. The molecular weight excluding hydrogens is 192 g/mol. The summed E-state index contributed by atoms with van der Waals surface area (Å²) in [6.45, 7) is 5.87. The maximum atomic E-state index is 5.51. The maximum Gasteiger partial charge on any atom is 0.0700 e. The van der Waals surface area contributed by atoms with Gasteiger partial charge >= 0.3 is 0 Å². The van der Waals surface area contributed by atoms with E-state index in [0.717, 1.165) is 45.8 Å². The number of methoxy groups -OCH3 is 1. The predicted octanol–water partition coefficient (Wildman–Crippen LogP) is 0.381. The Morgan fingerprint density at radius 2 is 2.13 bits per heavy atom. The van der Waals surface area contributed by atoms with Crippen LogP contribution >= 0.6 is 0 Å². The highest BCUT2D eigenvalue weighted by molar-refractivity contribution is 4.67. The summed E-state index contributed by atoms with van der Waals surface area (Å²) < 4.78 is 10.5. The van der Waals surface area contributed by atoms with Crippen molar-refractivity contribution >= 4 is 0 Å². The van der Waals surface area contributed by atoms with Crippen molar-refractivity contribution in [3.8, 4) is 0 Å². The highest BCUT2D eigenvalue weighted by Gasteiger charge is 2.13. The number of nitrogens with one attached hydrogen (secondary N) is 2. The van der Waals surface area contributed by atoms with Gasteiger partial charge < -0.3 is 20.1 Å². The van der Waals surface area contributed by atoms with Gasteiger partial charge in [-0.25, -0.2) is 0 Å². The second kappa shape index (κ2) is 9.09. The molecule has 2 N–H and O–H groups in total. The number of rotatable bonds is 9. The second-order valence-electron chi connectivity index (χ2n) is 3.94. The summed E-state index contributed by atoms with van der Waals surface area (Å²) in [6, 6.07) is 0. The van der Waals surface area contributed by atoms with Gasteiger partial charge in [0.2, 0.25) is 0 Å². The fourth-order valence-corrected chi connectivity index (χ4v) is 1.71. The van der Waals surface area contributed by atoms with Gasteiger partial charge in [-0.15, -0.1) is 0 Å². The lowest BCUT2D eigenvalue weighted by Gasteiger charge is -2.10. The molecule has 0 aliphatic carbocycles. The highest BCUT2D eigenvalue weighted by atomic mass is 16.5. The van der Waals surface area contributed by atoms with E-state index in [4.69, 9.17) is 9.47 Å². The normalized spacial score (nSPS) is 21.0. The first kappa shape index (κ1) is 12.9. The fraction of sp³-hybridized carbons (Fsp3) is 1.00. The van der Waals surface area contributed by atoms with Gasteiger partial charge in [0.25, 0.3) is 0 Å². The van der Waals surface area contributed by atoms with E-state index in [1.54, 1.807) is 7.11 Å². The van der Waals surface area contributed by atoms with E-state index in [1.165, 1.54) is 12.8 Å². The van der Waals surface area contributed by atoms with Crippen molar-refractivity contribution in [2.24, 2.45) is 0 Å². The molecule has 1 saturated heterocycles. The molecule has 0 aromatic carbocycles. The zero-order chi connectivity index (χ0) is 10.8. The van der Waals surface area contributed by atoms with Gasteiger partial charge in [0.1, 0.15) is 0 Å². The van der Waals surface area contributed by atoms with Crippen LogP contribution in [0.25, 0.3) is 0 Å². The minimum absolute atomic E-state index is 0.457. The molecule has 1 aliphatic heterocycles. The number of hydrogen-bond donors (Lipinski definition) is 2. The number of ether oxygens (including phenoxy) is 2. The van der Waals surface area contributed by atoms with Gasteiger partial charge in [-0.2, -0.15) is 0 Å². The van der Waals surface area contributed by atoms with Crippen LogP contribution in [0.3, 0.4) is 0 Å². The topological polar surface area (TPSA) is 42.5 Å². The van der Waals surface area contributed by atoms with E-state index in [9.17, 15) is 0 Å². The van der Waals surface area contributed by atoms with Crippen molar-refractivity contribution in [3.05, 3.63) is 0 Å². The average molecular weight is 216 g/mol. The quantitative estimate of drug-likeness (QED) is 0.547. The minimum Gasteiger partial charge on any atom is -0.385 e. The summed E-state index contributed by atoms with van der Waals surface area (Å²) in [4.78, 5) is 0. The van der Waals surface area contributed by atoms with Gasteiger partial charge in [-0.1, -0.05) is 0 Å². The minimum atomic E-state index is 0.457. The van der Waals surface area contributed by atoms with Crippen LogP contribution in [0.5, 0.6) is 0 Å². The van der Waals surface area contributed by atoms with E-state index < -0.39 is 0 Å². The molecule has 1 rings (SSSR count). The largest absolute Gasteiger partial charge is 0.385 e. The molecule has 0 bridgehead atoms. The van der Waals surface area contributed by atoms with E-state index in [1.807, 2.05) is 0 Å².